The SMILES string of the molecule is Cc1cc(F)cc(C(NN)c2ncccc2Cl)c1. The average molecular weight is 266 g/mol. The molecule has 3 nitrogen and oxygen atoms in total. The zero-order chi connectivity index (χ0) is 13.1. The van der Waals surface area contributed by atoms with Gasteiger partial charge in [0, 0.05) is 6.20 Å². The fourth-order valence-corrected chi connectivity index (χ4v) is 2.11. The second kappa shape index (κ2) is 5.44. The second-order valence-electron chi connectivity index (χ2n) is 4.03. The van der Waals surface area contributed by atoms with Crippen LogP contribution < -0.4 is 11.3 Å². The largest absolute Gasteiger partial charge is 0.271 e. The lowest BCUT2D eigenvalue weighted by molar-refractivity contribution is 0.596. The molecule has 0 amide bonds. The molecule has 0 aliphatic rings. The Bertz CT molecular complexity index is 539. The van der Waals surface area contributed by atoms with Crippen molar-refractivity contribution in [2.75, 3.05) is 0 Å². The van der Waals surface area contributed by atoms with Crippen LogP contribution in [0.2, 0.25) is 5.02 Å². The number of halogens is 2. The predicted molar refractivity (Wildman–Crippen MR) is 69.6 cm³/mol. The van der Waals surface area contributed by atoms with E-state index in [9.17, 15) is 4.39 Å². The number of hydrazine groups is 1. The number of hydrogen-bond acceptors (Lipinski definition) is 3. The maximum absolute atomic E-state index is 13.4. The van der Waals surface area contributed by atoms with E-state index in [1.165, 1.54) is 12.1 Å². The molecule has 1 atom stereocenters. The van der Waals surface area contributed by atoms with Crippen LogP contribution in [0.3, 0.4) is 0 Å². The minimum absolute atomic E-state index is 0.308. The van der Waals surface area contributed by atoms with Crippen molar-refractivity contribution in [3.8, 4) is 0 Å². The Hall–Kier alpha value is -1.49. The summed E-state index contributed by atoms with van der Waals surface area (Å²) in [4.78, 5) is 4.19. The van der Waals surface area contributed by atoms with Gasteiger partial charge in [-0.05, 0) is 42.3 Å². The van der Waals surface area contributed by atoms with E-state index in [-0.39, 0.29) is 5.82 Å². The number of nitrogens with zero attached hydrogens (tertiary/aromatic N) is 1. The van der Waals surface area contributed by atoms with Crippen molar-refractivity contribution in [2.24, 2.45) is 5.84 Å². The van der Waals surface area contributed by atoms with Crippen LogP contribution in [0.4, 0.5) is 4.39 Å². The average Bonchev–Trinajstić information content (AvgIpc) is 2.31. The zero-order valence-corrected chi connectivity index (χ0v) is 10.6. The van der Waals surface area contributed by atoms with Crippen molar-refractivity contribution < 1.29 is 4.39 Å². The Balaban J connectivity index is 2.48. The maximum atomic E-state index is 13.4. The Labute approximate surface area is 110 Å². The molecule has 0 saturated heterocycles. The van der Waals surface area contributed by atoms with E-state index in [1.807, 2.05) is 13.0 Å². The van der Waals surface area contributed by atoms with Crippen LogP contribution in [-0.4, -0.2) is 4.98 Å². The first kappa shape index (κ1) is 13.0. The number of hydrogen-bond donors (Lipinski definition) is 2. The van der Waals surface area contributed by atoms with Crippen molar-refractivity contribution in [1.29, 1.82) is 0 Å². The highest BCUT2D eigenvalue weighted by atomic mass is 35.5. The lowest BCUT2D eigenvalue weighted by Gasteiger charge is -2.17. The van der Waals surface area contributed by atoms with E-state index in [2.05, 4.69) is 10.4 Å². The van der Waals surface area contributed by atoms with Gasteiger partial charge in [0.15, 0.2) is 0 Å². The number of aromatic nitrogens is 1. The highest BCUT2D eigenvalue weighted by Gasteiger charge is 2.17. The number of pyridine rings is 1. The van der Waals surface area contributed by atoms with E-state index < -0.39 is 6.04 Å². The van der Waals surface area contributed by atoms with Crippen LogP contribution in [0, 0.1) is 12.7 Å². The number of aryl methyl sites for hydroxylation is 1. The molecule has 0 aliphatic heterocycles. The van der Waals surface area contributed by atoms with E-state index in [0.717, 1.165) is 5.56 Å². The number of rotatable bonds is 3. The summed E-state index contributed by atoms with van der Waals surface area (Å²) in [6.07, 6.45) is 1.62. The van der Waals surface area contributed by atoms with Crippen LogP contribution in [0.5, 0.6) is 0 Å². The van der Waals surface area contributed by atoms with Gasteiger partial charge < -0.3 is 0 Å². The van der Waals surface area contributed by atoms with Gasteiger partial charge in [-0.15, -0.1) is 0 Å². The van der Waals surface area contributed by atoms with E-state index >= 15 is 0 Å². The van der Waals surface area contributed by atoms with Crippen molar-refractivity contribution >= 4 is 11.6 Å². The first-order chi connectivity index (χ1) is 8.61. The van der Waals surface area contributed by atoms with Crippen LogP contribution in [-0.2, 0) is 0 Å². The first-order valence-electron chi connectivity index (χ1n) is 5.45. The molecule has 1 aromatic carbocycles. The molecule has 0 spiro atoms. The number of nitrogens with one attached hydrogen (secondary N) is 1. The van der Waals surface area contributed by atoms with Crippen LogP contribution in [0.15, 0.2) is 36.5 Å². The quantitative estimate of drug-likeness (QED) is 0.663. The molecule has 2 aromatic rings. The Morgan fingerprint density at radius 1 is 1.39 bits per heavy atom. The third kappa shape index (κ3) is 2.67. The molecule has 0 aliphatic carbocycles. The summed E-state index contributed by atoms with van der Waals surface area (Å²) in [5.74, 6) is 5.23. The highest BCUT2D eigenvalue weighted by molar-refractivity contribution is 6.31. The van der Waals surface area contributed by atoms with Gasteiger partial charge in [0.25, 0.3) is 0 Å². The second-order valence-corrected chi connectivity index (χ2v) is 4.44. The summed E-state index contributed by atoms with van der Waals surface area (Å²) >= 11 is 6.08. The molecule has 2 rings (SSSR count). The fraction of sp³-hybridized carbons (Fsp3) is 0.154. The normalized spacial score (nSPS) is 12.4. The van der Waals surface area contributed by atoms with E-state index in [0.29, 0.717) is 16.3 Å². The first-order valence-corrected chi connectivity index (χ1v) is 5.83. The summed E-state index contributed by atoms with van der Waals surface area (Å²) in [5.41, 5.74) is 4.70. The molecule has 18 heavy (non-hydrogen) atoms. The van der Waals surface area contributed by atoms with E-state index in [4.69, 9.17) is 17.4 Å². The molecule has 3 N–H and O–H groups in total. The molecule has 1 aromatic heterocycles. The predicted octanol–water partition coefficient (Wildman–Crippen LogP) is 2.74. The van der Waals surface area contributed by atoms with Crippen molar-refractivity contribution in [2.45, 2.75) is 13.0 Å². The maximum Gasteiger partial charge on any atom is 0.123 e. The monoisotopic (exact) mass is 265 g/mol. The van der Waals surface area contributed by atoms with Gasteiger partial charge >= 0.3 is 0 Å². The summed E-state index contributed by atoms with van der Waals surface area (Å²) in [5, 5.41) is 0.488. The van der Waals surface area contributed by atoms with Crippen molar-refractivity contribution in [3.05, 3.63) is 64.2 Å². The summed E-state index contributed by atoms with van der Waals surface area (Å²) in [6.45, 7) is 1.82. The molecular weight excluding hydrogens is 253 g/mol. The van der Waals surface area contributed by atoms with Gasteiger partial charge in [-0.1, -0.05) is 17.7 Å². The van der Waals surface area contributed by atoms with Gasteiger partial charge in [-0.2, -0.15) is 0 Å². The molecule has 5 heteroatoms. The van der Waals surface area contributed by atoms with Crippen molar-refractivity contribution in [1.82, 2.24) is 10.4 Å². The zero-order valence-electron chi connectivity index (χ0n) is 9.82. The molecule has 1 heterocycles. The summed E-state index contributed by atoms with van der Waals surface area (Å²) < 4.78 is 13.4. The van der Waals surface area contributed by atoms with Crippen molar-refractivity contribution in [3.63, 3.8) is 0 Å². The smallest absolute Gasteiger partial charge is 0.123 e. The Morgan fingerprint density at radius 2 is 2.17 bits per heavy atom. The van der Waals surface area contributed by atoms with Crippen LogP contribution >= 0.6 is 11.6 Å². The van der Waals surface area contributed by atoms with Crippen LogP contribution in [0.1, 0.15) is 22.9 Å². The third-order valence-corrected chi connectivity index (χ3v) is 2.94. The number of benzene rings is 1. The van der Waals surface area contributed by atoms with E-state index in [1.54, 1.807) is 18.3 Å². The third-order valence-electron chi connectivity index (χ3n) is 2.62. The fourth-order valence-electron chi connectivity index (χ4n) is 1.87. The number of nitrogens with two attached hydrogens (primary N) is 1. The van der Waals surface area contributed by atoms with Gasteiger partial charge in [-0.3, -0.25) is 10.8 Å². The molecule has 0 radical (unpaired) electrons. The van der Waals surface area contributed by atoms with Crippen LogP contribution in [0.25, 0.3) is 0 Å². The van der Waals surface area contributed by atoms with Gasteiger partial charge in [0.05, 0.1) is 16.8 Å². The molecule has 0 bridgehead atoms. The summed E-state index contributed by atoms with van der Waals surface area (Å²) in [6, 6.07) is 7.74. The van der Waals surface area contributed by atoms with Gasteiger partial charge in [0.2, 0.25) is 0 Å². The lowest BCUT2D eigenvalue weighted by Crippen LogP contribution is -2.29. The minimum Gasteiger partial charge on any atom is -0.271 e. The molecule has 94 valence electrons. The molecular formula is C13H13ClFN3. The molecule has 0 saturated carbocycles. The van der Waals surface area contributed by atoms with Gasteiger partial charge in [-0.25, -0.2) is 9.82 Å². The lowest BCUT2D eigenvalue weighted by atomic mass is 10.0. The minimum atomic E-state index is -0.437. The standard InChI is InChI=1S/C13H13ClFN3/c1-8-5-9(7-10(15)6-8)12(18-16)13-11(14)3-2-4-17-13/h2-7,12,18H,16H2,1H3. The topological polar surface area (TPSA) is 50.9 Å². The highest BCUT2D eigenvalue weighted by Crippen LogP contribution is 2.26. The summed E-state index contributed by atoms with van der Waals surface area (Å²) in [7, 11) is 0. The Kier molecular flexibility index (Phi) is 3.91. The molecule has 0 fully saturated rings. The molecule has 1 unspecified atom stereocenters. The Morgan fingerprint density at radius 3 is 2.78 bits per heavy atom. The van der Waals surface area contributed by atoms with Gasteiger partial charge in [0.1, 0.15) is 5.82 Å².